The molecule has 3 nitrogen and oxygen atoms in total. The molecule has 76 valence electrons. The van der Waals surface area contributed by atoms with E-state index in [1.807, 2.05) is 12.1 Å². The number of amides is 1. The fourth-order valence-corrected chi connectivity index (χ4v) is 1.08. The maximum absolute atomic E-state index is 11.3. The molecular weight excluding hydrogens is 200 g/mol. The van der Waals surface area contributed by atoms with Crippen LogP contribution in [0.4, 0.5) is 0 Å². The predicted molar refractivity (Wildman–Crippen MR) is 56.0 cm³/mol. The number of carbonyl (C=O) groups excluding carboxylic acids is 1. The van der Waals surface area contributed by atoms with Gasteiger partial charge in [-0.3, -0.25) is 9.78 Å². The molecule has 0 bridgehead atoms. The molecule has 0 fully saturated rings. The lowest BCUT2D eigenvalue weighted by Crippen LogP contribution is -2.29. The SMILES string of the molecule is CC(CCl)C(=O)NCc1cccnc1. The van der Waals surface area contributed by atoms with E-state index in [9.17, 15) is 4.79 Å². The zero-order valence-corrected chi connectivity index (χ0v) is 8.79. The number of carbonyl (C=O) groups is 1. The Morgan fingerprint density at radius 2 is 2.50 bits per heavy atom. The zero-order valence-electron chi connectivity index (χ0n) is 8.03. The number of nitrogens with one attached hydrogen (secondary N) is 1. The molecule has 1 aromatic rings. The molecule has 0 saturated carbocycles. The normalized spacial score (nSPS) is 12.1. The molecule has 1 heterocycles. The summed E-state index contributed by atoms with van der Waals surface area (Å²) in [6.45, 7) is 2.31. The molecule has 0 spiro atoms. The van der Waals surface area contributed by atoms with E-state index >= 15 is 0 Å². The molecule has 1 atom stereocenters. The van der Waals surface area contributed by atoms with Crippen molar-refractivity contribution in [3.05, 3.63) is 30.1 Å². The number of halogens is 1. The Labute approximate surface area is 88.5 Å². The number of alkyl halides is 1. The number of pyridine rings is 1. The number of hydrogen-bond acceptors (Lipinski definition) is 2. The molecule has 1 amide bonds. The van der Waals surface area contributed by atoms with Crippen LogP contribution in [-0.4, -0.2) is 16.8 Å². The molecule has 14 heavy (non-hydrogen) atoms. The molecule has 1 aromatic heterocycles. The standard InChI is InChI=1S/C10H13ClN2O/c1-8(5-11)10(14)13-7-9-3-2-4-12-6-9/h2-4,6,8H,5,7H2,1H3,(H,13,14). The van der Waals surface area contributed by atoms with E-state index in [-0.39, 0.29) is 11.8 Å². The predicted octanol–water partition coefficient (Wildman–Crippen LogP) is 1.57. The Kier molecular flexibility index (Phi) is 4.40. The van der Waals surface area contributed by atoms with Crippen molar-refractivity contribution >= 4 is 17.5 Å². The highest BCUT2D eigenvalue weighted by molar-refractivity contribution is 6.19. The van der Waals surface area contributed by atoms with Gasteiger partial charge in [-0.2, -0.15) is 0 Å². The average Bonchev–Trinajstić information content (AvgIpc) is 2.26. The summed E-state index contributed by atoms with van der Waals surface area (Å²) >= 11 is 5.56. The van der Waals surface area contributed by atoms with Crippen LogP contribution in [-0.2, 0) is 11.3 Å². The fourth-order valence-electron chi connectivity index (χ4n) is 0.936. The summed E-state index contributed by atoms with van der Waals surface area (Å²) in [7, 11) is 0. The van der Waals surface area contributed by atoms with Gasteiger partial charge in [-0.1, -0.05) is 13.0 Å². The molecule has 0 aliphatic heterocycles. The van der Waals surface area contributed by atoms with Gasteiger partial charge in [0.1, 0.15) is 0 Å². The first kappa shape index (κ1) is 11.0. The first-order valence-corrected chi connectivity index (χ1v) is 5.00. The van der Waals surface area contributed by atoms with Crippen LogP contribution < -0.4 is 5.32 Å². The topological polar surface area (TPSA) is 42.0 Å². The molecule has 0 aliphatic carbocycles. The van der Waals surface area contributed by atoms with Gasteiger partial charge in [-0.15, -0.1) is 11.6 Å². The smallest absolute Gasteiger partial charge is 0.224 e. The highest BCUT2D eigenvalue weighted by Gasteiger charge is 2.10. The molecule has 1 unspecified atom stereocenters. The van der Waals surface area contributed by atoms with Gasteiger partial charge < -0.3 is 5.32 Å². The van der Waals surface area contributed by atoms with Gasteiger partial charge in [0.25, 0.3) is 0 Å². The van der Waals surface area contributed by atoms with Crippen LogP contribution in [0.25, 0.3) is 0 Å². The van der Waals surface area contributed by atoms with Crippen molar-refractivity contribution in [2.24, 2.45) is 5.92 Å². The number of nitrogens with zero attached hydrogens (tertiary/aromatic N) is 1. The minimum absolute atomic E-state index is 0.0242. The Morgan fingerprint density at radius 1 is 1.71 bits per heavy atom. The third-order valence-electron chi connectivity index (χ3n) is 1.87. The van der Waals surface area contributed by atoms with Crippen molar-refractivity contribution in [1.29, 1.82) is 0 Å². The van der Waals surface area contributed by atoms with Crippen LogP contribution in [0.2, 0.25) is 0 Å². The van der Waals surface area contributed by atoms with E-state index in [0.29, 0.717) is 12.4 Å². The third-order valence-corrected chi connectivity index (χ3v) is 2.33. The van der Waals surface area contributed by atoms with Crippen molar-refractivity contribution in [3.8, 4) is 0 Å². The summed E-state index contributed by atoms with van der Waals surface area (Å²) in [5.74, 6) is 0.177. The average molecular weight is 213 g/mol. The van der Waals surface area contributed by atoms with Crippen molar-refractivity contribution in [2.75, 3.05) is 5.88 Å². The minimum atomic E-state index is -0.145. The van der Waals surface area contributed by atoms with E-state index in [1.54, 1.807) is 19.3 Å². The summed E-state index contributed by atoms with van der Waals surface area (Å²) in [6, 6.07) is 3.76. The van der Waals surface area contributed by atoms with Gasteiger partial charge in [-0.05, 0) is 11.6 Å². The summed E-state index contributed by atoms with van der Waals surface area (Å²) in [5, 5.41) is 2.79. The summed E-state index contributed by atoms with van der Waals surface area (Å²) in [6.07, 6.45) is 3.43. The molecule has 0 radical (unpaired) electrons. The van der Waals surface area contributed by atoms with Crippen LogP contribution in [0.5, 0.6) is 0 Å². The first-order valence-electron chi connectivity index (χ1n) is 4.46. The maximum atomic E-state index is 11.3. The minimum Gasteiger partial charge on any atom is -0.352 e. The van der Waals surface area contributed by atoms with E-state index in [1.165, 1.54) is 0 Å². The van der Waals surface area contributed by atoms with Gasteiger partial charge in [0.2, 0.25) is 5.91 Å². The lowest BCUT2D eigenvalue weighted by atomic mass is 10.2. The van der Waals surface area contributed by atoms with Crippen LogP contribution in [0.15, 0.2) is 24.5 Å². The second kappa shape index (κ2) is 5.60. The molecule has 0 aliphatic rings. The second-order valence-electron chi connectivity index (χ2n) is 3.13. The van der Waals surface area contributed by atoms with Crippen LogP contribution in [0, 0.1) is 5.92 Å². The van der Waals surface area contributed by atoms with Crippen molar-refractivity contribution < 1.29 is 4.79 Å². The van der Waals surface area contributed by atoms with Crippen LogP contribution in [0.3, 0.4) is 0 Å². The molecule has 4 heteroatoms. The molecule has 0 saturated heterocycles. The van der Waals surface area contributed by atoms with Crippen LogP contribution >= 0.6 is 11.6 Å². The Balaban J connectivity index is 2.38. The number of hydrogen-bond donors (Lipinski definition) is 1. The largest absolute Gasteiger partial charge is 0.352 e. The van der Waals surface area contributed by atoms with Gasteiger partial charge in [0.05, 0.1) is 0 Å². The van der Waals surface area contributed by atoms with Crippen molar-refractivity contribution in [1.82, 2.24) is 10.3 Å². The number of rotatable bonds is 4. The van der Waals surface area contributed by atoms with E-state index in [2.05, 4.69) is 10.3 Å². The second-order valence-corrected chi connectivity index (χ2v) is 3.44. The first-order chi connectivity index (χ1) is 6.74. The Hall–Kier alpha value is -1.09. The van der Waals surface area contributed by atoms with E-state index in [0.717, 1.165) is 5.56 Å². The Bertz CT molecular complexity index is 289. The zero-order chi connectivity index (χ0) is 10.4. The lowest BCUT2D eigenvalue weighted by Gasteiger charge is -2.08. The van der Waals surface area contributed by atoms with Crippen molar-refractivity contribution in [3.63, 3.8) is 0 Å². The van der Waals surface area contributed by atoms with E-state index in [4.69, 9.17) is 11.6 Å². The molecule has 0 aromatic carbocycles. The Morgan fingerprint density at radius 3 is 3.07 bits per heavy atom. The lowest BCUT2D eigenvalue weighted by molar-refractivity contribution is -0.124. The highest BCUT2D eigenvalue weighted by atomic mass is 35.5. The third kappa shape index (κ3) is 3.34. The highest BCUT2D eigenvalue weighted by Crippen LogP contribution is 1.99. The molecule has 1 N–H and O–H groups in total. The summed E-state index contributed by atoms with van der Waals surface area (Å²) < 4.78 is 0. The molecule has 1 rings (SSSR count). The van der Waals surface area contributed by atoms with Gasteiger partial charge in [0, 0.05) is 30.7 Å². The van der Waals surface area contributed by atoms with Crippen LogP contribution in [0.1, 0.15) is 12.5 Å². The monoisotopic (exact) mass is 212 g/mol. The van der Waals surface area contributed by atoms with Gasteiger partial charge in [-0.25, -0.2) is 0 Å². The van der Waals surface area contributed by atoms with Gasteiger partial charge >= 0.3 is 0 Å². The van der Waals surface area contributed by atoms with Gasteiger partial charge in [0.15, 0.2) is 0 Å². The molecular formula is C10H13ClN2O. The summed E-state index contributed by atoms with van der Waals surface area (Å²) in [5.41, 5.74) is 0.989. The van der Waals surface area contributed by atoms with Crippen molar-refractivity contribution in [2.45, 2.75) is 13.5 Å². The quantitative estimate of drug-likeness (QED) is 0.770. The number of aromatic nitrogens is 1. The van der Waals surface area contributed by atoms with E-state index < -0.39 is 0 Å². The maximum Gasteiger partial charge on any atom is 0.224 e. The summed E-state index contributed by atoms with van der Waals surface area (Å²) in [4.78, 5) is 15.3. The fraction of sp³-hybridized carbons (Fsp3) is 0.400.